The lowest BCUT2D eigenvalue weighted by Gasteiger charge is -2.15. The van der Waals surface area contributed by atoms with Gasteiger partial charge in [0.2, 0.25) is 0 Å². The summed E-state index contributed by atoms with van der Waals surface area (Å²) < 4.78 is 13.9. The molecule has 1 aliphatic rings. The van der Waals surface area contributed by atoms with Crippen LogP contribution >= 0.6 is 0 Å². The molecule has 1 heterocycles. The van der Waals surface area contributed by atoms with Gasteiger partial charge in [-0.05, 0) is 30.2 Å². The Morgan fingerprint density at radius 1 is 1.09 bits per heavy atom. The molecule has 116 valence electrons. The second-order valence-corrected chi connectivity index (χ2v) is 5.38. The third kappa shape index (κ3) is 3.13. The molecule has 0 aliphatic carbocycles. The third-order valence-electron chi connectivity index (χ3n) is 3.59. The van der Waals surface area contributed by atoms with Crippen molar-refractivity contribution >= 4 is 17.5 Å². The Kier molecular flexibility index (Phi) is 3.93. The molecule has 2 aromatic carbocycles. The quantitative estimate of drug-likeness (QED) is 0.883. The summed E-state index contributed by atoms with van der Waals surface area (Å²) >= 11 is 0. The van der Waals surface area contributed by atoms with Gasteiger partial charge in [0, 0.05) is 6.08 Å². The summed E-state index contributed by atoms with van der Waals surface area (Å²) in [5, 5.41) is 2.71. The van der Waals surface area contributed by atoms with Crippen LogP contribution in [0.4, 0.5) is 10.1 Å². The SMILES string of the molecule is Cc1ccc(NC2=CC(=O)N(Cc3ccccc3)C2=O)c(F)c1. The van der Waals surface area contributed by atoms with Crippen molar-refractivity contribution in [3.8, 4) is 0 Å². The minimum atomic E-state index is -0.465. The Hall–Kier alpha value is -2.95. The highest BCUT2D eigenvalue weighted by Gasteiger charge is 2.31. The predicted molar refractivity (Wildman–Crippen MR) is 84.8 cm³/mol. The lowest BCUT2D eigenvalue weighted by molar-refractivity contribution is -0.137. The first kappa shape index (κ1) is 15.0. The highest BCUT2D eigenvalue weighted by molar-refractivity contribution is 6.17. The van der Waals surface area contributed by atoms with E-state index in [4.69, 9.17) is 0 Å². The van der Waals surface area contributed by atoms with Crippen LogP contribution in [0.15, 0.2) is 60.3 Å². The fraction of sp³-hybridized carbons (Fsp3) is 0.111. The molecule has 23 heavy (non-hydrogen) atoms. The number of hydrogen-bond donors (Lipinski definition) is 1. The maximum Gasteiger partial charge on any atom is 0.277 e. The number of carbonyl (C=O) groups excluding carboxylic acids is 2. The summed E-state index contributed by atoms with van der Waals surface area (Å²) in [4.78, 5) is 25.5. The summed E-state index contributed by atoms with van der Waals surface area (Å²) in [5.74, 6) is -1.33. The first-order valence-corrected chi connectivity index (χ1v) is 7.19. The molecule has 2 aromatic rings. The number of halogens is 1. The summed E-state index contributed by atoms with van der Waals surface area (Å²) in [6, 6.07) is 13.9. The number of anilines is 1. The van der Waals surface area contributed by atoms with Crippen molar-refractivity contribution in [2.45, 2.75) is 13.5 Å². The predicted octanol–water partition coefficient (Wildman–Crippen LogP) is 3.00. The molecule has 0 bridgehead atoms. The fourth-order valence-corrected chi connectivity index (χ4v) is 2.38. The highest BCUT2D eigenvalue weighted by Crippen LogP contribution is 2.22. The summed E-state index contributed by atoms with van der Waals surface area (Å²) in [5.41, 5.74) is 1.88. The van der Waals surface area contributed by atoms with Gasteiger partial charge in [-0.15, -0.1) is 0 Å². The van der Waals surface area contributed by atoms with E-state index >= 15 is 0 Å². The lowest BCUT2D eigenvalue weighted by Crippen LogP contribution is -2.31. The van der Waals surface area contributed by atoms with Gasteiger partial charge in [-0.3, -0.25) is 14.5 Å². The minimum Gasteiger partial charge on any atom is -0.348 e. The second-order valence-electron chi connectivity index (χ2n) is 5.38. The number of rotatable bonds is 4. The van der Waals surface area contributed by atoms with Crippen molar-refractivity contribution in [3.63, 3.8) is 0 Å². The van der Waals surface area contributed by atoms with Crippen LogP contribution in [0.3, 0.4) is 0 Å². The van der Waals surface area contributed by atoms with Crippen molar-refractivity contribution in [2.24, 2.45) is 0 Å². The Bertz CT molecular complexity index is 800. The van der Waals surface area contributed by atoms with Crippen LogP contribution in [0, 0.1) is 12.7 Å². The molecule has 0 atom stereocenters. The third-order valence-corrected chi connectivity index (χ3v) is 3.59. The second kappa shape index (κ2) is 6.04. The molecule has 2 amide bonds. The zero-order valence-corrected chi connectivity index (χ0v) is 12.5. The standard InChI is InChI=1S/C18H15FN2O2/c1-12-7-8-15(14(19)9-12)20-16-10-17(22)21(18(16)23)11-13-5-3-2-4-6-13/h2-10,20H,11H2,1H3. The molecule has 0 unspecified atom stereocenters. The molecule has 0 saturated heterocycles. The molecule has 0 fully saturated rings. The smallest absolute Gasteiger partial charge is 0.277 e. The molecule has 4 nitrogen and oxygen atoms in total. The van der Waals surface area contributed by atoms with Gasteiger partial charge in [-0.1, -0.05) is 36.4 Å². The van der Waals surface area contributed by atoms with Gasteiger partial charge in [-0.2, -0.15) is 0 Å². The lowest BCUT2D eigenvalue weighted by atomic mass is 10.2. The van der Waals surface area contributed by atoms with Gasteiger partial charge in [0.1, 0.15) is 11.5 Å². The molecule has 1 aliphatic heterocycles. The van der Waals surface area contributed by atoms with Crippen LogP contribution < -0.4 is 5.32 Å². The van der Waals surface area contributed by atoms with Crippen molar-refractivity contribution in [1.82, 2.24) is 4.90 Å². The van der Waals surface area contributed by atoms with E-state index in [1.54, 1.807) is 19.1 Å². The molecule has 0 spiro atoms. The summed E-state index contributed by atoms with van der Waals surface area (Å²) in [6.45, 7) is 1.97. The molecule has 1 N–H and O–H groups in total. The Balaban J connectivity index is 1.76. The average molecular weight is 310 g/mol. The van der Waals surface area contributed by atoms with Crippen molar-refractivity contribution in [3.05, 3.63) is 77.2 Å². The van der Waals surface area contributed by atoms with E-state index in [1.807, 2.05) is 30.3 Å². The fourth-order valence-electron chi connectivity index (χ4n) is 2.38. The average Bonchev–Trinajstić information content (AvgIpc) is 2.79. The summed E-state index contributed by atoms with van der Waals surface area (Å²) in [6.07, 6.45) is 1.20. The zero-order chi connectivity index (χ0) is 16.4. The van der Waals surface area contributed by atoms with Crippen LogP contribution in [0.2, 0.25) is 0 Å². The van der Waals surface area contributed by atoms with E-state index in [-0.39, 0.29) is 17.9 Å². The molecular formula is C18H15FN2O2. The van der Waals surface area contributed by atoms with Gasteiger partial charge in [0.15, 0.2) is 0 Å². The monoisotopic (exact) mass is 310 g/mol. The number of carbonyl (C=O) groups is 2. The Morgan fingerprint density at radius 2 is 1.83 bits per heavy atom. The zero-order valence-electron chi connectivity index (χ0n) is 12.5. The number of amides is 2. The van der Waals surface area contributed by atoms with E-state index in [0.717, 1.165) is 16.0 Å². The minimum absolute atomic E-state index is 0.0775. The van der Waals surface area contributed by atoms with E-state index < -0.39 is 17.6 Å². The maximum absolute atomic E-state index is 13.9. The Morgan fingerprint density at radius 3 is 2.52 bits per heavy atom. The number of imide groups is 1. The number of benzene rings is 2. The largest absolute Gasteiger partial charge is 0.348 e. The van der Waals surface area contributed by atoms with Gasteiger partial charge in [0.05, 0.1) is 12.2 Å². The Labute approximate surface area is 133 Å². The molecule has 0 aromatic heterocycles. The number of aryl methyl sites for hydroxylation is 1. The van der Waals surface area contributed by atoms with Crippen molar-refractivity contribution < 1.29 is 14.0 Å². The first-order chi connectivity index (χ1) is 11.0. The van der Waals surface area contributed by atoms with Gasteiger partial charge in [-0.25, -0.2) is 4.39 Å². The van der Waals surface area contributed by atoms with Crippen LogP contribution in [0.25, 0.3) is 0 Å². The van der Waals surface area contributed by atoms with Gasteiger partial charge in [0.25, 0.3) is 11.8 Å². The van der Waals surface area contributed by atoms with Crippen LogP contribution in [0.1, 0.15) is 11.1 Å². The molecule has 0 saturated carbocycles. The van der Waals surface area contributed by atoms with Gasteiger partial charge >= 0.3 is 0 Å². The van der Waals surface area contributed by atoms with E-state index in [0.29, 0.717) is 0 Å². The molecule has 5 heteroatoms. The van der Waals surface area contributed by atoms with E-state index in [2.05, 4.69) is 5.32 Å². The van der Waals surface area contributed by atoms with Crippen molar-refractivity contribution in [2.75, 3.05) is 5.32 Å². The highest BCUT2D eigenvalue weighted by atomic mass is 19.1. The van der Waals surface area contributed by atoms with E-state index in [9.17, 15) is 14.0 Å². The molecular weight excluding hydrogens is 295 g/mol. The normalized spacial score (nSPS) is 14.2. The van der Waals surface area contributed by atoms with Crippen LogP contribution in [-0.2, 0) is 16.1 Å². The number of nitrogens with zero attached hydrogens (tertiary/aromatic N) is 1. The van der Waals surface area contributed by atoms with Crippen LogP contribution in [-0.4, -0.2) is 16.7 Å². The topological polar surface area (TPSA) is 49.4 Å². The van der Waals surface area contributed by atoms with Crippen molar-refractivity contribution in [1.29, 1.82) is 0 Å². The summed E-state index contributed by atoms with van der Waals surface area (Å²) in [7, 11) is 0. The molecule has 0 radical (unpaired) electrons. The molecule has 3 rings (SSSR count). The first-order valence-electron chi connectivity index (χ1n) is 7.19. The van der Waals surface area contributed by atoms with Crippen LogP contribution in [0.5, 0.6) is 0 Å². The number of hydrogen-bond acceptors (Lipinski definition) is 3. The maximum atomic E-state index is 13.9. The van der Waals surface area contributed by atoms with E-state index in [1.165, 1.54) is 12.1 Å². The number of nitrogens with one attached hydrogen (secondary N) is 1. The van der Waals surface area contributed by atoms with Gasteiger partial charge < -0.3 is 5.32 Å².